The van der Waals surface area contributed by atoms with Crippen LogP contribution in [0.1, 0.15) is 12.8 Å². The standard InChI is InChI=1S/C7H10O2/c8-5-2-3-1-4(5)7-6(3)9-7/h3-8H,1-2H2/t3-,4+,5-,6?,7?/m0/s1. The van der Waals surface area contributed by atoms with Crippen molar-refractivity contribution >= 4 is 0 Å². The molecule has 5 atom stereocenters. The highest BCUT2D eigenvalue weighted by atomic mass is 16.6. The molecule has 2 saturated carbocycles. The van der Waals surface area contributed by atoms with Crippen LogP contribution in [0.25, 0.3) is 0 Å². The van der Waals surface area contributed by atoms with Crippen molar-refractivity contribution in [1.82, 2.24) is 0 Å². The lowest BCUT2D eigenvalue weighted by molar-refractivity contribution is 0.113. The van der Waals surface area contributed by atoms with Crippen LogP contribution >= 0.6 is 0 Å². The van der Waals surface area contributed by atoms with Gasteiger partial charge in [-0.05, 0) is 18.8 Å². The second kappa shape index (κ2) is 1.18. The number of aliphatic hydroxyl groups excluding tert-OH is 1. The van der Waals surface area contributed by atoms with Crippen molar-refractivity contribution in [2.45, 2.75) is 31.2 Å². The van der Waals surface area contributed by atoms with Crippen molar-refractivity contribution < 1.29 is 9.84 Å². The molecule has 2 unspecified atom stereocenters. The molecule has 2 aliphatic carbocycles. The topological polar surface area (TPSA) is 32.8 Å². The van der Waals surface area contributed by atoms with Gasteiger partial charge in [-0.15, -0.1) is 0 Å². The summed E-state index contributed by atoms with van der Waals surface area (Å²) < 4.78 is 5.35. The van der Waals surface area contributed by atoms with Gasteiger partial charge in [-0.1, -0.05) is 0 Å². The van der Waals surface area contributed by atoms with Crippen molar-refractivity contribution in [2.75, 3.05) is 0 Å². The molecular formula is C7H10O2. The lowest BCUT2D eigenvalue weighted by atomic mass is 9.98. The van der Waals surface area contributed by atoms with Gasteiger partial charge < -0.3 is 9.84 Å². The highest BCUT2D eigenvalue weighted by molar-refractivity contribution is 5.10. The van der Waals surface area contributed by atoms with Gasteiger partial charge in [-0.2, -0.15) is 0 Å². The first-order chi connectivity index (χ1) is 4.36. The van der Waals surface area contributed by atoms with Crippen LogP contribution in [-0.2, 0) is 4.74 Å². The molecule has 1 heterocycles. The minimum atomic E-state index is -0.0289. The predicted octanol–water partition coefficient (Wildman–Crippen LogP) is 0.154. The van der Waals surface area contributed by atoms with Gasteiger partial charge in [0.15, 0.2) is 0 Å². The summed E-state index contributed by atoms with van der Waals surface area (Å²) in [5.41, 5.74) is 0. The number of ether oxygens (including phenoxy) is 1. The van der Waals surface area contributed by atoms with E-state index in [1.807, 2.05) is 0 Å². The molecule has 9 heavy (non-hydrogen) atoms. The first-order valence-electron chi connectivity index (χ1n) is 3.70. The highest BCUT2D eigenvalue weighted by Crippen LogP contribution is 2.56. The molecule has 2 nitrogen and oxygen atoms in total. The number of aliphatic hydroxyl groups is 1. The minimum Gasteiger partial charge on any atom is -0.393 e. The molecule has 2 heteroatoms. The number of epoxide rings is 1. The molecule has 2 bridgehead atoms. The van der Waals surface area contributed by atoms with E-state index >= 15 is 0 Å². The number of hydrogen-bond donors (Lipinski definition) is 1. The van der Waals surface area contributed by atoms with E-state index < -0.39 is 0 Å². The molecule has 3 aliphatic rings. The van der Waals surface area contributed by atoms with Crippen molar-refractivity contribution in [1.29, 1.82) is 0 Å². The van der Waals surface area contributed by atoms with Crippen LogP contribution in [0, 0.1) is 11.8 Å². The molecule has 3 fully saturated rings. The summed E-state index contributed by atoms with van der Waals surface area (Å²) in [4.78, 5) is 0. The molecule has 0 spiro atoms. The van der Waals surface area contributed by atoms with E-state index in [0.29, 0.717) is 18.1 Å². The molecule has 50 valence electrons. The smallest absolute Gasteiger partial charge is 0.0897 e. The number of rotatable bonds is 0. The maximum absolute atomic E-state index is 9.34. The fourth-order valence-electron chi connectivity index (χ4n) is 2.57. The van der Waals surface area contributed by atoms with Gasteiger partial charge in [0.1, 0.15) is 0 Å². The lowest BCUT2D eigenvalue weighted by Gasteiger charge is -2.10. The Hall–Kier alpha value is -0.0800. The van der Waals surface area contributed by atoms with Crippen molar-refractivity contribution in [3.8, 4) is 0 Å². The third-order valence-electron chi connectivity index (χ3n) is 3.06. The number of fused-ring (bicyclic) bond motifs is 5. The van der Waals surface area contributed by atoms with Crippen molar-refractivity contribution in [2.24, 2.45) is 11.8 Å². The largest absolute Gasteiger partial charge is 0.393 e. The quantitative estimate of drug-likeness (QED) is 0.469. The van der Waals surface area contributed by atoms with Gasteiger partial charge >= 0.3 is 0 Å². The predicted molar refractivity (Wildman–Crippen MR) is 30.9 cm³/mol. The highest BCUT2D eigenvalue weighted by Gasteiger charge is 2.62. The molecule has 1 N–H and O–H groups in total. The van der Waals surface area contributed by atoms with Gasteiger partial charge in [0.25, 0.3) is 0 Å². The lowest BCUT2D eigenvalue weighted by Crippen LogP contribution is -2.21. The molecule has 0 radical (unpaired) electrons. The average Bonchev–Trinajstić information content (AvgIpc) is 2.46. The second-order valence-electron chi connectivity index (χ2n) is 3.53. The summed E-state index contributed by atoms with van der Waals surface area (Å²) in [6, 6.07) is 0. The molecule has 0 aromatic heterocycles. The van der Waals surface area contributed by atoms with Gasteiger partial charge in [0, 0.05) is 5.92 Å². The van der Waals surface area contributed by atoms with Gasteiger partial charge in [0.2, 0.25) is 0 Å². The summed E-state index contributed by atoms with van der Waals surface area (Å²) in [6.07, 6.45) is 3.25. The molecule has 1 saturated heterocycles. The first kappa shape index (κ1) is 4.69. The molecule has 3 rings (SSSR count). The van der Waals surface area contributed by atoms with Crippen LogP contribution < -0.4 is 0 Å². The Morgan fingerprint density at radius 2 is 2.11 bits per heavy atom. The van der Waals surface area contributed by atoms with E-state index in [9.17, 15) is 5.11 Å². The maximum atomic E-state index is 9.34. The average molecular weight is 126 g/mol. The summed E-state index contributed by atoms with van der Waals surface area (Å²) in [6.45, 7) is 0. The van der Waals surface area contributed by atoms with Crippen LogP contribution in [-0.4, -0.2) is 23.4 Å². The Morgan fingerprint density at radius 1 is 1.22 bits per heavy atom. The zero-order valence-corrected chi connectivity index (χ0v) is 5.16. The van der Waals surface area contributed by atoms with E-state index in [1.54, 1.807) is 0 Å². The zero-order chi connectivity index (χ0) is 6.01. The van der Waals surface area contributed by atoms with Gasteiger partial charge in [0.05, 0.1) is 18.3 Å². The minimum absolute atomic E-state index is 0.0289. The SMILES string of the molecule is O[C@H]1C[C@@H]2C[C@H]1C1OC12. The van der Waals surface area contributed by atoms with Crippen LogP contribution in [0.15, 0.2) is 0 Å². The number of hydrogen-bond acceptors (Lipinski definition) is 2. The Kier molecular flexibility index (Phi) is 0.616. The van der Waals surface area contributed by atoms with E-state index in [0.717, 1.165) is 12.3 Å². The van der Waals surface area contributed by atoms with E-state index in [4.69, 9.17) is 4.74 Å². The van der Waals surface area contributed by atoms with Crippen LogP contribution in [0.5, 0.6) is 0 Å². The fourth-order valence-corrected chi connectivity index (χ4v) is 2.57. The summed E-state index contributed by atoms with van der Waals surface area (Å²) in [5, 5.41) is 9.34. The van der Waals surface area contributed by atoms with Crippen molar-refractivity contribution in [3.63, 3.8) is 0 Å². The summed E-state index contributed by atoms with van der Waals surface area (Å²) in [5.74, 6) is 1.23. The first-order valence-corrected chi connectivity index (χ1v) is 3.70. The summed E-state index contributed by atoms with van der Waals surface area (Å²) >= 11 is 0. The maximum Gasteiger partial charge on any atom is 0.0897 e. The van der Waals surface area contributed by atoms with Crippen LogP contribution in [0.2, 0.25) is 0 Å². The molecular weight excluding hydrogens is 116 g/mol. The van der Waals surface area contributed by atoms with E-state index in [2.05, 4.69) is 0 Å². The van der Waals surface area contributed by atoms with Crippen LogP contribution in [0.4, 0.5) is 0 Å². The molecule has 1 aliphatic heterocycles. The molecule has 0 amide bonds. The Morgan fingerprint density at radius 3 is 2.67 bits per heavy atom. The fraction of sp³-hybridized carbons (Fsp3) is 1.00. The van der Waals surface area contributed by atoms with Crippen LogP contribution in [0.3, 0.4) is 0 Å². The Balaban J connectivity index is 1.96. The third-order valence-corrected chi connectivity index (χ3v) is 3.06. The zero-order valence-electron chi connectivity index (χ0n) is 5.16. The summed E-state index contributed by atoms with van der Waals surface area (Å²) in [7, 11) is 0. The van der Waals surface area contributed by atoms with Crippen molar-refractivity contribution in [3.05, 3.63) is 0 Å². The van der Waals surface area contributed by atoms with E-state index in [1.165, 1.54) is 6.42 Å². The molecule has 0 aromatic carbocycles. The second-order valence-corrected chi connectivity index (χ2v) is 3.53. The Bertz CT molecular complexity index is 153. The van der Waals surface area contributed by atoms with Gasteiger partial charge in [-0.3, -0.25) is 0 Å². The van der Waals surface area contributed by atoms with Gasteiger partial charge in [-0.25, -0.2) is 0 Å². The normalized spacial score (nSPS) is 68.3. The third kappa shape index (κ3) is 0.413. The Labute approximate surface area is 53.8 Å². The van der Waals surface area contributed by atoms with E-state index in [-0.39, 0.29) is 6.10 Å². The monoisotopic (exact) mass is 126 g/mol. The molecule has 0 aromatic rings.